The molecule has 1 aromatic heterocycles. The van der Waals surface area contributed by atoms with Crippen LogP contribution in [0.5, 0.6) is 0 Å². The highest BCUT2D eigenvalue weighted by Gasteiger charge is 2.26. The number of rotatable bonds is 3. The van der Waals surface area contributed by atoms with Crippen LogP contribution >= 0.6 is 0 Å². The Kier molecular flexibility index (Phi) is 5.33. The molecule has 0 unspecified atom stereocenters. The second kappa shape index (κ2) is 8.22. The summed E-state index contributed by atoms with van der Waals surface area (Å²) >= 11 is 0. The maximum atomic E-state index is 14.0. The topological polar surface area (TPSA) is 82.2 Å². The summed E-state index contributed by atoms with van der Waals surface area (Å²) in [6.45, 7) is 1.72. The van der Waals surface area contributed by atoms with E-state index in [1.54, 1.807) is 34.1 Å². The lowest BCUT2D eigenvalue weighted by molar-refractivity contribution is 0.0716. The van der Waals surface area contributed by atoms with Crippen LogP contribution in [0, 0.1) is 5.82 Å². The predicted octanol–water partition coefficient (Wildman–Crippen LogP) is 2.60. The van der Waals surface area contributed by atoms with E-state index in [0.717, 1.165) is 0 Å². The van der Waals surface area contributed by atoms with E-state index < -0.39 is 5.82 Å². The molecule has 4 rings (SSSR count). The van der Waals surface area contributed by atoms with Crippen LogP contribution in [0.1, 0.15) is 27.1 Å². The van der Waals surface area contributed by atoms with Gasteiger partial charge in [0, 0.05) is 31.7 Å². The van der Waals surface area contributed by atoms with Gasteiger partial charge in [0.1, 0.15) is 12.1 Å². The molecule has 1 saturated heterocycles. The van der Waals surface area contributed by atoms with Crippen molar-refractivity contribution in [2.45, 2.75) is 6.42 Å². The van der Waals surface area contributed by atoms with Gasteiger partial charge in [-0.15, -0.1) is 0 Å². The van der Waals surface area contributed by atoms with Gasteiger partial charge in [-0.2, -0.15) is 5.10 Å². The number of halogens is 1. The van der Waals surface area contributed by atoms with Crippen molar-refractivity contribution in [2.75, 3.05) is 26.2 Å². The SMILES string of the molecule is O=C(c1ccccc1F)N1CCCN(C(=O)c2ccccc2-c2ncn[nH]2)CC1. The maximum Gasteiger partial charge on any atom is 0.256 e. The Balaban J connectivity index is 1.50. The number of benzene rings is 2. The van der Waals surface area contributed by atoms with E-state index >= 15 is 0 Å². The van der Waals surface area contributed by atoms with Crippen molar-refractivity contribution in [2.24, 2.45) is 0 Å². The Hall–Kier alpha value is -3.55. The molecular weight excluding hydrogens is 373 g/mol. The van der Waals surface area contributed by atoms with E-state index in [9.17, 15) is 14.0 Å². The normalized spacial score (nSPS) is 14.5. The molecule has 2 aromatic carbocycles. The third-order valence-electron chi connectivity index (χ3n) is 5.00. The number of carbonyl (C=O) groups excluding carboxylic acids is 2. The number of nitrogens with zero attached hydrogens (tertiary/aromatic N) is 4. The molecule has 1 aliphatic rings. The Morgan fingerprint density at radius 2 is 1.48 bits per heavy atom. The predicted molar refractivity (Wildman–Crippen MR) is 105 cm³/mol. The second-order valence-electron chi connectivity index (χ2n) is 6.80. The molecule has 29 heavy (non-hydrogen) atoms. The molecule has 0 spiro atoms. The Morgan fingerprint density at radius 3 is 2.14 bits per heavy atom. The number of H-pyrrole nitrogens is 1. The highest BCUT2D eigenvalue weighted by molar-refractivity contribution is 6.00. The molecule has 8 heteroatoms. The lowest BCUT2D eigenvalue weighted by Crippen LogP contribution is -2.37. The lowest BCUT2D eigenvalue weighted by Gasteiger charge is -2.23. The first kappa shape index (κ1) is 18.8. The summed E-state index contributed by atoms with van der Waals surface area (Å²) in [6.07, 6.45) is 2.02. The number of hydrogen-bond donors (Lipinski definition) is 1. The summed E-state index contributed by atoms with van der Waals surface area (Å²) in [6, 6.07) is 13.2. The first-order valence-electron chi connectivity index (χ1n) is 9.43. The summed E-state index contributed by atoms with van der Waals surface area (Å²) in [5.41, 5.74) is 1.26. The summed E-state index contributed by atoms with van der Waals surface area (Å²) in [5.74, 6) is -0.479. The first-order valence-corrected chi connectivity index (χ1v) is 9.43. The van der Waals surface area contributed by atoms with Gasteiger partial charge in [-0.05, 0) is 24.6 Å². The van der Waals surface area contributed by atoms with Crippen LogP contribution in [0.2, 0.25) is 0 Å². The van der Waals surface area contributed by atoms with Crippen LogP contribution in [0.25, 0.3) is 11.4 Å². The van der Waals surface area contributed by atoms with Crippen molar-refractivity contribution >= 4 is 11.8 Å². The van der Waals surface area contributed by atoms with Gasteiger partial charge in [0.25, 0.3) is 11.8 Å². The Morgan fingerprint density at radius 1 is 0.862 bits per heavy atom. The van der Waals surface area contributed by atoms with E-state index in [4.69, 9.17) is 0 Å². The van der Waals surface area contributed by atoms with Gasteiger partial charge in [-0.3, -0.25) is 14.7 Å². The van der Waals surface area contributed by atoms with Crippen molar-refractivity contribution in [3.05, 3.63) is 71.8 Å². The maximum absolute atomic E-state index is 14.0. The van der Waals surface area contributed by atoms with Crippen LogP contribution < -0.4 is 0 Å². The molecule has 0 saturated carbocycles. The lowest BCUT2D eigenvalue weighted by atomic mass is 10.1. The fraction of sp³-hybridized carbons (Fsp3) is 0.238. The van der Waals surface area contributed by atoms with Crippen molar-refractivity contribution in [3.8, 4) is 11.4 Å². The molecular formula is C21H20FN5O2. The minimum atomic E-state index is -0.532. The van der Waals surface area contributed by atoms with E-state index in [0.29, 0.717) is 49.6 Å². The second-order valence-corrected chi connectivity index (χ2v) is 6.80. The zero-order valence-corrected chi connectivity index (χ0v) is 15.7. The summed E-state index contributed by atoms with van der Waals surface area (Å²) in [5, 5.41) is 6.65. The molecule has 1 N–H and O–H groups in total. The monoisotopic (exact) mass is 393 g/mol. The fourth-order valence-electron chi connectivity index (χ4n) is 3.51. The smallest absolute Gasteiger partial charge is 0.256 e. The van der Waals surface area contributed by atoms with Gasteiger partial charge < -0.3 is 9.80 Å². The highest BCUT2D eigenvalue weighted by atomic mass is 19.1. The van der Waals surface area contributed by atoms with Gasteiger partial charge in [0.15, 0.2) is 5.82 Å². The quantitative estimate of drug-likeness (QED) is 0.742. The van der Waals surface area contributed by atoms with E-state index in [1.807, 2.05) is 12.1 Å². The molecule has 0 bridgehead atoms. The molecule has 1 fully saturated rings. The molecule has 0 radical (unpaired) electrons. The molecule has 3 aromatic rings. The highest BCUT2D eigenvalue weighted by Crippen LogP contribution is 2.22. The molecule has 2 heterocycles. The molecule has 7 nitrogen and oxygen atoms in total. The number of carbonyl (C=O) groups is 2. The molecule has 2 amide bonds. The van der Waals surface area contributed by atoms with Crippen molar-refractivity contribution in [1.82, 2.24) is 25.0 Å². The van der Waals surface area contributed by atoms with Crippen molar-refractivity contribution < 1.29 is 14.0 Å². The molecule has 1 aliphatic heterocycles. The number of hydrogen-bond acceptors (Lipinski definition) is 4. The van der Waals surface area contributed by atoms with Gasteiger partial charge >= 0.3 is 0 Å². The van der Waals surface area contributed by atoms with Crippen LogP contribution in [0.15, 0.2) is 54.9 Å². The summed E-state index contributed by atoms with van der Waals surface area (Å²) in [7, 11) is 0. The average molecular weight is 393 g/mol. The number of aromatic nitrogens is 3. The van der Waals surface area contributed by atoms with Gasteiger partial charge in [0.2, 0.25) is 0 Å². The van der Waals surface area contributed by atoms with E-state index in [1.165, 1.54) is 18.5 Å². The standard InChI is InChI=1S/C21H20FN5O2/c22-18-9-4-3-8-17(18)21(29)27-11-5-10-26(12-13-27)20(28)16-7-2-1-6-15(16)19-23-14-24-25-19/h1-4,6-9,14H,5,10-13H2,(H,23,24,25). The molecule has 148 valence electrons. The third kappa shape index (κ3) is 3.87. The van der Waals surface area contributed by atoms with Crippen LogP contribution in [-0.4, -0.2) is 63.0 Å². The van der Waals surface area contributed by atoms with E-state index in [2.05, 4.69) is 15.2 Å². The minimum Gasteiger partial charge on any atom is -0.337 e. The third-order valence-corrected chi connectivity index (χ3v) is 5.00. The van der Waals surface area contributed by atoms with Crippen LogP contribution in [-0.2, 0) is 0 Å². The molecule has 0 aliphatic carbocycles. The van der Waals surface area contributed by atoms with Gasteiger partial charge in [0.05, 0.1) is 11.1 Å². The zero-order valence-electron chi connectivity index (χ0n) is 15.7. The zero-order chi connectivity index (χ0) is 20.2. The molecule has 0 atom stereocenters. The van der Waals surface area contributed by atoms with Crippen LogP contribution in [0.4, 0.5) is 4.39 Å². The van der Waals surface area contributed by atoms with Crippen molar-refractivity contribution in [1.29, 1.82) is 0 Å². The Labute approximate surface area is 167 Å². The van der Waals surface area contributed by atoms with Gasteiger partial charge in [-0.1, -0.05) is 30.3 Å². The first-order chi connectivity index (χ1) is 14.1. The van der Waals surface area contributed by atoms with Gasteiger partial charge in [-0.25, -0.2) is 9.37 Å². The average Bonchev–Trinajstić information content (AvgIpc) is 3.17. The van der Waals surface area contributed by atoms with Crippen molar-refractivity contribution in [3.63, 3.8) is 0 Å². The number of nitrogens with one attached hydrogen (secondary N) is 1. The summed E-state index contributed by atoms with van der Waals surface area (Å²) < 4.78 is 14.0. The number of amides is 2. The van der Waals surface area contributed by atoms with E-state index in [-0.39, 0.29) is 17.4 Å². The Bertz CT molecular complexity index is 1020. The summed E-state index contributed by atoms with van der Waals surface area (Å²) in [4.78, 5) is 33.3. The fourth-order valence-corrected chi connectivity index (χ4v) is 3.51. The number of aromatic amines is 1. The van der Waals surface area contributed by atoms with Crippen LogP contribution in [0.3, 0.4) is 0 Å². The largest absolute Gasteiger partial charge is 0.337 e. The minimum absolute atomic E-state index is 0.0583.